The van der Waals surface area contributed by atoms with E-state index in [-0.39, 0.29) is 55.1 Å². The molecule has 0 spiro atoms. The van der Waals surface area contributed by atoms with Crippen LogP contribution in [0.2, 0.25) is 0 Å². The number of rotatable bonds is 7. The summed E-state index contributed by atoms with van der Waals surface area (Å²) in [6, 6.07) is 5.87. The van der Waals surface area contributed by atoms with Crippen LogP contribution in [-0.4, -0.2) is 54.0 Å². The van der Waals surface area contributed by atoms with Crippen molar-refractivity contribution in [3.8, 4) is 5.75 Å². The summed E-state index contributed by atoms with van der Waals surface area (Å²) < 4.78 is 23.9. The van der Waals surface area contributed by atoms with Gasteiger partial charge in [0.05, 0.1) is 18.2 Å². The van der Waals surface area contributed by atoms with Crippen molar-refractivity contribution in [2.24, 2.45) is 5.92 Å². The zero-order valence-electron chi connectivity index (χ0n) is 16.9. The number of likely N-dealkylation sites (tertiary alicyclic amines) is 1. The standard InChI is InChI=1S/C21H22FN3O5S/c1-2-29-20(28)13-7-8-16-18(13)23-21(31-16)24-19(27)12-9-25(10-12)17(26)11-30-15-6-4-3-5-14(15)22/h3-6,12-13H,2,7-11H2,1H3,(H,23,24,27)/t13-/m0/s1. The van der Waals surface area contributed by atoms with Gasteiger partial charge < -0.3 is 19.7 Å². The van der Waals surface area contributed by atoms with Gasteiger partial charge in [0.15, 0.2) is 23.3 Å². The predicted molar refractivity (Wildman–Crippen MR) is 110 cm³/mol. The van der Waals surface area contributed by atoms with E-state index in [1.807, 2.05) is 0 Å². The fraction of sp³-hybridized carbons (Fsp3) is 0.429. The fourth-order valence-corrected chi connectivity index (χ4v) is 4.64. The van der Waals surface area contributed by atoms with Crippen molar-refractivity contribution in [3.63, 3.8) is 0 Å². The SMILES string of the molecule is CCOC(=O)[C@H]1CCc2sc(NC(=O)C3CN(C(=O)COc4ccccc4F)C3)nc21. The molecule has 1 fully saturated rings. The summed E-state index contributed by atoms with van der Waals surface area (Å²) in [5, 5.41) is 3.24. The van der Waals surface area contributed by atoms with Crippen LogP contribution in [0.3, 0.4) is 0 Å². The maximum atomic E-state index is 13.5. The molecule has 1 aliphatic carbocycles. The van der Waals surface area contributed by atoms with Gasteiger partial charge in [-0.15, -0.1) is 11.3 Å². The summed E-state index contributed by atoms with van der Waals surface area (Å²) in [5.41, 5.74) is 0.689. The highest BCUT2D eigenvalue weighted by molar-refractivity contribution is 7.16. The number of hydrogen-bond acceptors (Lipinski definition) is 7. The second-order valence-electron chi connectivity index (χ2n) is 7.37. The monoisotopic (exact) mass is 447 g/mol. The normalized spacial score (nSPS) is 17.6. The number of anilines is 1. The zero-order valence-corrected chi connectivity index (χ0v) is 17.7. The minimum Gasteiger partial charge on any atom is -0.481 e. The van der Waals surface area contributed by atoms with E-state index in [0.717, 1.165) is 11.3 Å². The molecule has 0 bridgehead atoms. The maximum absolute atomic E-state index is 13.5. The van der Waals surface area contributed by atoms with Gasteiger partial charge in [-0.1, -0.05) is 12.1 Å². The van der Waals surface area contributed by atoms with Crippen LogP contribution in [0.1, 0.15) is 29.8 Å². The first-order valence-electron chi connectivity index (χ1n) is 10.1. The Balaban J connectivity index is 1.25. The number of benzene rings is 1. The lowest BCUT2D eigenvalue weighted by atomic mass is 9.99. The second kappa shape index (κ2) is 9.01. The molecule has 164 valence electrons. The number of nitrogens with zero attached hydrogens (tertiary/aromatic N) is 2. The maximum Gasteiger partial charge on any atom is 0.315 e. The summed E-state index contributed by atoms with van der Waals surface area (Å²) in [6.07, 6.45) is 1.41. The van der Waals surface area contributed by atoms with Crippen LogP contribution in [0.15, 0.2) is 24.3 Å². The molecular weight excluding hydrogens is 425 g/mol. The number of carbonyl (C=O) groups excluding carboxylic acids is 3. The lowest BCUT2D eigenvalue weighted by Gasteiger charge is -2.37. The molecule has 1 N–H and O–H groups in total. The summed E-state index contributed by atoms with van der Waals surface area (Å²) >= 11 is 1.37. The highest BCUT2D eigenvalue weighted by Gasteiger charge is 2.37. The van der Waals surface area contributed by atoms with Gasteiger partial charge in [-0.2, -0.15) is 0 Å². The number of carbonyl (C=O) groups is 3. The number of amides is 2. The average Bonchev–Trinajstić information content (AvgIpc) is 3.26. The minimum atomic E-state index is -0.531. The third kappa shape index (κ3) is 4.53. The number of para-hydroxylation sites is 1. The Morgan fingerprint density at radius 2 is 2.06 bits per heavy atom. The second-order valence-corrected chi connectivity index (χ2v) is 8.46. The highest BCUT2D eigenvalue weighted by atomic mass is 32.1. The molecule has 0 saturated carbocycles. The largest absolute Gasteiger partial charge is 0.481 e. The fourth-order valence-electron chi connectivity index (χ4n) is 3.60. The van der Waals surface area contributed by atoms with E-state index >= 15 is 0 Å². The van der Waals surface area contributed by atoms with Crippen molar-refractivity contribution in [1.82, 2.24) is 9.88 Å². The van der Waals surface area contributed by atoms with Gasteiger partial charge in [-0.25, -0.2) is 9.37 Å². The molecule has 31 heavy (non-hydrogen) atoms. The van der Waals surface area contributed by atoms with Crippen molar-refractivity contribution < 1.29 is 28.2 Å². The first-order chi connectivity index (χ1) is 15.0. The Morgan fingerprint density at radius 3 is 2.81 bits per heavy atom. The van der Waals surface area contributed by atoms with E-state index < -0.39 is 5.82 Å². The van der Waals surface area contributed by atoms with Crippen LogP contribution in [0.25, 0.3) is 0 Å². The van der Waals surface area contributed by atoms with Crippen LogP contribution in [0.5, 0.6) is 5.75 Å². The molecule has 10 heteroatoms. The Morgan fingerprint density at radius 1 is 1.29 bits per heavy atom. The third-order valence-corrected chi connectivity index (χ3v) is 6.36. The third-order valence-electron chi connectivity index (χ3n) is 5.31. The molecule has 1 aromatic heterocycles. The Bertz CT molecular complexity index is 1000. The minimum absolute atomic E-state index is 0.0172. The van der Waals surface area contributed by atoms with Crippen LogP contribution in [0, 0.1) is 11.7 Å². The van der Waals surface area contributed by atoms with Crippen molar-refractivity contribution in [2.75, 3.05) is 31.6 Å². The quantitative estimate of drug-likeness (QED) is 0.655. The number of aromatic nitrogens is 1. The van der Waals surface area contributed by atoms with E-state index in [4.69, 9.17) is 9.47 Å². The van der Waals surface area contributed by atoms with Gasteiger partial charge in [0.25, 0.3) is 5.91 Å². The van der Waals surface area contributed by atoms with Crippen molar-refractivity contribution in [2.45, 2.75) is 25.7 Å². The van der Waals surface area contributed by atoms with Crippen LogP contribution in [-0.2, 0) is 25.5 Å². The van der Waals surface area contributed by atoms with Gasteiger partial charge >= 0.3 is 5.97 Å². The van der Waals surface area contributed by atoms with E-state index in [9.17, 15) is 18.8 Å². The molecule has 1 atom stereocenters. The Hall–Kier alpha value is -3.01. The van der Waals surface area contributed by atoms with Gasteiger partial charge in [-0.05, 0) is 31.9 Å². The Kier molecular flexibility index (Phi) is 6.17. The molecule has 1 aliphatic heterocycles. The molecule has 2 amide bonds. The molecular formula is C21H22FN3O5S. The summed E-state index contributed by atoms with van der Waals surface area (Å²) in [6.45, 7) is 2.33. The lowest BCUT2D eigenvalue weighted by molar-refractivity contribution is -0.145. The Labute approximate surface area is 182 Å². The van der Waals surface area contributed by atoms with Crippen molar-refractivity contribution >= 4 is 34.3 Å². The summed E-state index contributed by atoms with van der Waals surface area (Å²) in [5.74, 6) is -2.05. The summed E-state index contributed by atoms with van der Waals surface area (Å²) in [7, 11) is 0. The number of hydrogen-bond donors (Lipinski definition) is 1. The number of nitrogens with one attached hydrogen (secondary N) is 1. The van der Waals surface area contributed by atoms with E-state index in [2.05, 4.69) is 10.3 Å². The first-order valence-corrected chi connectivity index (χ1v) is 10.9. The van der Waals surface area contributed by atoms with Crippen molar-refractivity contribution in [1.29, 1.82) is 0 Å². The van der Waals surface area contributed by atoms with Crippen LogP contribution in [0.4, 0.5) is 9.52 Å². The number of thiazole rings is 1. The number of halogens is 1. The van der Waals surface area contributed by atoms with Gasteiger partial charge in [0.1, 0.15) is 5.92 Å². The molecule has 1 saturated heterocycles. The average molecular weight is 447 g/mol. The molecule has 0 unspecified atom stereocenters. The van der Waals surface area contributed by atoms with Crippen LogP contribution < -0.4 is 10.1 Å². The topological polar surface area (TPSA) is 97.8 Å². The lowest BCUT2D eigenvalue weighted by Crippen LogP contribution is -2.55. The van der Waals surface area contributed by atoms with Crippen LogP contribution >= 0.6 is 11.3 Å². The van der Waals surface area contributed by atoms with E-state index in [1.165, 1.54) is 34.4 Å². The smallest absolute Gasteiger partial charge is 0.315 e. The van der Waals surface area contributed by atoms with E-state index in [0.29, 0.717) is 23.9 Å². The van der Waals surface area contributed by atoms with Crippen molar-refractivity contribution in [3.05, 3.63) is 40.7 Å². The highest BCUT2D eigenvalue weighted by Crippen LogP contribution is 2.39. The summed E-state index contributed by atoms with van der Waals surface area (Å²) in [4.78, 5) is 43.6. The number of fused-ring (bicyclic) bond motifs is 1. The van der Waals surface area contributed by atoms with Gasteiger partial charge in [0, 0.05) is 18.0 Å². The molecule has 2 heterocycles. The zero-order chi connectivity index (χ0) is 22.0. The predicted octanol–water partition coefficient (Wildman–Crippen LogP) is 2.35. The first kappa shape index (κ1) is 21.2. The molecule has 1 aromatic carbocycles. The molecule has 2 aliphatic rings. The number of esters is 1. The van der Waals surface area contributed by atoms with Gasteiger partial charge in [-0.3, -0.25) is 14.4 Å². The number of ether oxygens (including phenoxy) is 2. The van der Waals surface area contributed by atoms with Gasteiger partial charge in [0.2, 0.25) is 5.91 Å². The molecule has 8 nitrogen and oxygen atoms in total. The van der Waals surface area contributed by atoms with E-state index in [1.54, 1.807) is 13.0 Å². The molecule has 2 aromatic rings. The molecule has 4 rings (SSSR count). The molecule has 0 radical (unpaired) electrons. The number of aryl methyl sites for hydroxylation is 1.